The molecule has 2 rings (SSSR count). The maximum absolute atomic E-state index is 12.2. The van der Waals surface area contributed by atoms with E-state index >= 15 is 0 Å². The molecule has 1 aromatic carbocycles. The van der Waals surface area contributed by atoms with Crippen molar-refractivity contribution in [2.45, 2.75) is 13.8 Å². The molecule has 6 nitrogen and oxygen atoms in total. The van der Waals surface area contributed by atoms with Gasteiger partial charge in [-0.3, -0.25) is 9.89 Å². The summed E-state index contributed by atoms with van der Waals surface area (Å²) in [5.41, 5.74) is 2.73. The number of carbonyl (C=O) groups is 1. The van der Waals surface area contributed by atoms with E-state index in [4.69, 9.17) is 9.47 Å². The van der Waals surface area contributed by atoms with Gasteiger partial charge in [0.05, 0.1) is 17.9 Å². The molecule has 0 atom stereocenters. The molecular weight excluding hydrogens is 270 g/mol. The SMILES string of the molecule is COCCOc1ccc(NC(=O)c2c(C)n[nH]c2C)cc1. The topological polar surface area (TPSA) is 76.2 Å². The molecule has 1 amide bonds. The maximum Gasteiger partial charge on any atom is 0.259 e. The van der Waals surface area contributed by atoms with Gasteiger partial charge >= 0.3 is 0 Å². The van der Waals surface area contributed by atoms with Crippen LogP contribution < -0.4 is 10.1 Å². The van der Waals surface area contributed by atoms with Crippen molar-refractivity contribution in [3.63, 3.8) is 0 Å². The minimum atomic E-state index is -0.174. The first-order valence-corrected chi connectivity index (χ1v) is 6.66. The highest BCUT2D eigenvalue weighted by Crippen LogP contribution is 2.17. The highest BCUT2D eigenvalue weighted by molar-refractivity contribution is 6.05. The van der Waals surface area contributed by atoms with Crippen molar-refractivity contribution in [3.05, 3.63) is 41.2 Å². The van der Waals surface area contributed by atoms with Crippen molar-refractivity contribution >= 4 is 11.6 Å². The Morgan fingerprint density at radius 1 is 1.24 bits per heavy atom. The smallest absolute Gasteiger partial charge is 0.259 e. The number of nitrogens with zero attached hydrogens (tertiary/aromatic N) is 1. The van der Waals surface area contributed by atoms with Gasteiger partial charge in [0.15, 0.2) is 0 Å². The highest BCUT2D eigenvalue weighted by atomic mass is 16.5. The Morgan fingerprint density at radius 3 is 2.52 bits per heavy atom. The first kappa shape index (κ1) is 15.1. The van der Waals surface area contributed by atoms with Crippen molar-refractivity contribution in [2.24, 2.45) is 0 Å². The van der Waals surface area contributed by atoms with Gasteiger partial charge in [0.25, 0.3) is 5.91 Å². The minimum absolute atomic E-state index is 0.174. The highest BCUT2D eigenvalue weighted by Gasteiger charge is 2.15. The number of rotatable bonds is 6. The lowest BCUT2D eigenvalue weighted by Gasteiger charge is -2.08. The zero-order chi connectivity index (χ0) is 15.2. The standard InChI is InChI=1S/C15H19N3O3/c1-10-14(11(2)18-17-10)15(19)16-12-4-6-13(7-5-12)21-9-8-20-3/h4-7H,8-9H2,1-3H3,(H,16,19)(H,17,18). The summed E-state index contributed by atoms with van der Waals surface area (Å²) in [6.07, 6.45) is 0. The van der Waals surface area contributed by atoms with Gasteiger partial charge in [0, 0.05) is 18.5 Å². The molecule has 2 aromatic rings. The van der Waals surface area contributed by atoms with Crippen LogP contribution in [0.15, 0.2) is 24.3 Å². The van der Waals surface area contributed by atoms with Crippen LogP contribution in [0.1, 0.15) is 21.7 Å². The van der Waals surface area contributed by atoms with Gasteiger partial charge in [-0.1, -0.05) is 0 Å². The van der Waals surface area contributed by atoms with Crippen LogP contribution in [0.3, 0.4) is 0 Å². The van der Waals surface area contributed by atoms with E-state index in [0.717, 1.165) is 11.4 Å². The Bertz CT molecular complexity index is 586. The summed E-state index contributed by atoms with van der Waals surface area (Å²) in [7, 11) is 1.63. The monoisotopic (exact) mass is 289 g/mol. The fourth-order valence-corrected chi connectivity index (χ4v) is 1.96. The van der Waals surface area contributed by atoms with Crippen LogP contribution in [0, 0.1) is 13.8 Å². The van der Waals surface area contributed by atoms with Gasteiger partial charge < -0.3 is 14.8 Å². The first-order valence-electron chi connectivity index (χ1n) is 6.66. The zero-order valence-corrected chi connectivity index (χ0v) is 12.4. The number of nitrogens with one attached hydrogen (secondary N) is 2. The maximum atomic E-state index is 12.2. The molecule has 6 heteroatoms. The van der Waals surface area contributed by atoms with Crippen LogP contribution in [0.2, 0.25) is 0 Å². The number of methoxy groups -OCH3 is 1. The number of aryl methyl sites for hydroxylation is 2. The fraction of sp³-hybridized carbons (Fsp3) is 0.333. The molecule has 0 spiro atoms. The Kier molecular flexibility index (Phi) is 4.94. The van der Waals surface area contributed by atoms with Crippen molar-refractivity contribution in [3.8, 4) is 5.75 Å². The predicted molar refractivity (Wildman–Crippen MR) is 79.8 cm³/mol. The number of hydrogen-bond donors (Lipinski definition) is 2. The summed E-state index contributed by atoms with van der Waals surface area (Å²) < 4.78 is 10.4. The Balaban J connectivity index is 1.98. The molecule has 0 bridgehead atoms. The molecule has 1 heterocycles. The molecule has 0 fully saturated rings. The van der Waals surface area contributed by atoms with Crippen molar-refractivity contribution in [2.75, 3.05) is 25.6 Å². The number of amides is 1. The third-order valence-corrected chi connectivity index (χ3v) is 3.02. The van der Waals surface area contributed by atoms with Crippen LogP contribution in [0.25, 0.3) is 0 Å². The Morgan fingerprint density at radius 2 is 1.95 bits per heavy atom. The minimum Gasteiger partial charge on any atom is -0.491 e. The molecule has 0 saturated heterocycles. The summed E-state index contributed by atoms with van der Waals surface area (Å²) in [6, 6.07) is 7.20. The van der Waals surface area contributed by atoms with Crippen molar-refractivity contribution in [1.29, 1.82) is 0 Å². The molecule has 2 N–H and O–H groups in total. The lowest BCUT2D eigenvalue weighted by Crippen LogP contribution is -2.13. The van der Waals surface area contributed by atoms with Crippen LogP contribution >= 0.6 is 0 Å². The summed E-state index contributed by atoms with van der Waals surface area (Å²) in [6.45, 7) is 4.65. The van der Waals surface area contributed by atoms with Gasteiger partial charge in [0.2, 0.25) is 0 Å². The number of ether oxygens (including phenoxy) is 2. The second-order valence-corrected chi connectivity index (χ2v) is 4.63. The van der Waals surface area contributed by atoms with Gasteiger partial charge in [-0.25, -0.2) is 0 Å². The van der Waals surface area contributed by atoms with Crippen LogP contribution in [0.5, 0.6) is 5.75 Å². The number of carbonyl (C=O) groups excluding carboxylic acids is 1. The van der Waals surface area contributed by atoms with Crippen LogP contribution in [0.4, 0.5) is 5.69 Å². The summed E-state index contributed by atoms with van der Waals surface area (Å²) >= 11 is 0. The number of H-pyrrole nitrogens is 1. The van der Waals surface area contributed by atoms with Gasteiger partial charge in [-0.05, 0) is 38.1 Å². The summed E-state index contributed by atoms with van der Waals surface area (Å²) in [5, 5.41) is 9.66. The molecule has 112 valence electrons. The molecule has 1 aromatic heterocycles. The number of aromatic nitrogens is 2. The molecule has 0 radical (unpaired) electrons. The van der Waals surface area contributed by atoms with E-state index in [9.17, 15) is 4.79 Å². The van der Waals surface area contributed by atoms with Crippen LogP contribution in [-0.2, 0) is 4.74 Å². The Hall–Kier alpha value is -2.34. The second-order valence-electron chi connectivity index (χ2n) is 4.63. The summed E-state index contributed by atoms with van der Waals surface area (Å²) in [5.74, 6) is 0.563. The van der Waals surface area contributed by atoms with Gasteiger partial charge in [-0.2, -0.15) is 5.10 Å². The summed E-state index contributed by atoms with van der Waals surface area (Å²) in [4.78, 5) is 12.2. The second kappa shape index (κ2) is 6.90. The number of benzene rings is 1. The molecule has 0 aliphatic rings. The molecule has 0 aliphatic heterocycles. The largest absolute Gasteiger partial charge is 0.491 e. The number of aromatic amines is 1. The molecule has 21 heavy (non-hydrogen) atoms. The molecule has 0 aliphatic carbocycles. The predicted octanol–water partition coefficient (Wildman–Crippen LogP) is 2.30. The van der Waals surface area contributed by atoms with Crippen molar-refractivity contribution < 1.29 is 14.3 Å². The van der Waals surface area contributed by atoms with E-state index in [-0.39, 0.29) is 5.91 Å². The van der Waals surface area contributed by atoms with E-state index in [1.54, 1.807) is 38.3 Å². The normalized spacial score (nSPS) is 10.4. The van der Waals surface area contributed by atoms with Crippen molar-refractivity contribution in [1.82, 2.24) is 10.2 Å². The molecule has 0 unspecified atom stereocenters. The Labute approximate surface area is 123 Å². The lowest BCUT2D eigenvalue weighted by atomic mass is 10.2. The average Bonchev–Trinajstić information content (AvgIpc) is 2.80. The fourth-order valence-electron chi connectivity index (χ4n) is 1.96. The van der Waals surface area contributed by atoms with E-state index in [1.807, 2.05) is 6.92 Å². The van der Waals surface area contributed by atoms with Crippen LogP contribution in [-0.4, -0.2) is 36.4 Å². The number of anilines is 1. The number of hydrogen-bond acceptors (Lipinski definition) is 4. The first-order chi connectivity index (χ1) is 10.1. The van der Waals surface area contributed by atoms with E-state index in [2.05, 4.69) is 15.5 Å². The quantitative estimate of drug-likeness (QED) is 0.800. The van der Waals surface area contributed by atoms with E-state index in [0.29, 0.717) is 30.2 Å². The zero-order valence-electron chi connectivity index (χ0n) is 12.4. The molecule has 0 saturated carbocycles. The molecular formula is C15H19N3O3. The van der Waals surface area contributed by atoms with Gasteiger partial charge in [0.1, 0.15) is 12.4 Å². The third kappa shape index (κ3) is 3.82. The lowest BCUT2D eigenvalue weighted by molar-refractivity contribution is 0.102. The third-order valence-electron chi connectivity index (χ3n) is 3.02. The van der Waals surface area contributed by atoms with E-state index in [1.165, 1.54) is 0 Å². The van der Waals surface area contributed by atoms with Gasteiger partial charge in [-0.15, -0.1) is 0 Å². The average molecular weight is 289 g/mol. The van der Waals surface area contributed by atoms with E-state index < -0.39 is 0 Å².